The minimum Gasteiger partial charge on any atom is -0.439 e. The summed E-state index contributed by atoms with van der Waals surface area (Å²) in [7, 11) is 1.67. The first kappa shape index (κ1) is 26.5. The number of nitrogens with zero attached hydrogens (tertiary/aromatic N) is 2. The Bertz CT molecular complexity index is 897. The number of rotatable bonds is 3. The molecule has 2 heterocycles. The Hall–Kier alpha value is -4.53. The monoisotopic (exact) mass is 411 g/mol. The maximum atomic E-state index is 10.7. The summed E-state index contributed by atoms with van der Waals surface area (Å²) in [6.45, 7) is 4.06. The molecule has 5 heteroatoms. The second kappa shape index (κ2) is 17.6. The first-order chi connectivity index (χ1) is 15.2. The maximum absolute atomic E-state index is 10.7. The first-order valence-electron chi connectivity index (χ1n) is 9.06. The predicted octanol–water partition coefficient (Wildman–Crippen LogP) is 3.89. The molecule has 1 aliphatic rings. The third-order valence-corrected chi connectivity index (χ3v) is 3.43. The van der Waals surface area contributed by atoms with Gasteiger partial charge >= 0.3 is 6.09 Å². The van der Waals surface area contributed by atoms with E-state index in [9.17, 15) is 4.79 Å². The molecule has 156 valence electrons. The number of aromatic nitrogens is 1. The number of cyclic esters (lactones) is 1. The lowest BCUT2D eigenvalue weighted by molar-refractivity contribution is 0.156. The van der Waals surface area contributed by atoms with E-state index < -0.39 is 0 Å². The van der Waals surface area contributed by atoms with E-state index in [1.807, 2.05) is 42.5 Å². The van der Waals surface area contributed by atoms with Crippen molar-refractivity contribution < 1.29 is 9.53 Å². The number of benzene rings is 1. The molecular formula is C26H25N3O2. The Morgan fingerprint density at radius 2 is 1.81 bits per heavy atom. The summed E-state index contributed by atoms with van der Waals surface area (Å²) in [5, 5.41) is 2.57. The van der Waals surface area contributed by atoms with Crippen molar-refractivity contribution in [2.75, 3.05) is 13.6 Å². The Morgan fingerprint density at radius 1 is 1.16 bits per heavy atom. The zero-order chi connectivity index (χ0) is 23.3. The number of terminal acetylenes is 2. The molecule has 3 rings (SSSR count). The van der Waals surface area contributed by atoms with Gasteiger partial charge in [0.05, 0.1) is 6.54 Å². The van der Waals surface area contributed by atoms with Gasteiger partial charge in [0, 0.05) is 42.4 Å². The van der Waals surface area contributed by atoms with Crippen molar-refractivity contribution in [1.82, 2.24) is 10.3 Å². The highest BCUT2D eigenvalue weighted by Crippen LogP contribution is 2.09. The van der Waals surface area contributed by atoms with E-state index in [1.54, 1.807) is 37.8 Å². The average Bonchev–Trinajstić information content (AvgIpc) is 3.28. The standard InChI is InChI=1S/C13H9N.C9H12N2O2.2C2H2/c1-2-5-12(6-3-1)8-9-13-7-4-10-14-11-13;1-3-4-7(5-10-2)8-6-11-9(12)13-8;2*1-2/h1-7,10-11H;3-5,8H,1,6H2,2H3,(H,11,12);2*1-2H/b;7-4+,10-5?;;/t;8-;;/m.1../s1. The van der Waals surface area contributed by atoms with Crippen molar-refractivity contribution in [3.63, 3.8) is 0 Å². The van der Waals surface area contributed by atoms with Crippen LogP contribution < -0.4 is 5.32 Å². The average molecular weight is 412 g/mol. The molecule has 1 aliphatic heterocycles. The molecule has 1 fully saturated rings. The van der Waals surface area contributed by atoms with Crippen LogP contribution in [0.25, 0.3) is 0 Å². The molecule has 2 aromatic rings. The number of ether oxygens (including phenoxy) is 1. The van der Waals surface area contributed by atoms with Crippen LogP contribution in [0.5, 0.6) is 0 Å². The number of amides is 1. The number of nitrogens with one attached hydrogen (secondary N) is 1. The minimum absolute atomic E-state index is 0.241. The molecule has 0 unspecified atom stereocenters. The third kappa shape index (κ3) is 11.2. The number of allylic oxidation sites excluding steroid dienone is 2. The van der Waals surface area contributed by atoms with E-state index >= 15 is 0 Å². The van der Waals surface area contributed by atoms with Gasteiger partial charge in [-0.15, -0.1) is 25.7 Å². The summed E-state index contributed by atoms with van der Waals surface area (Å²) in [6, 6.07) is 13.8. The van der Waals surface area contributed by atoms with E-state index in [2.05, 4.69) is 59.4 Å². The number of alkyl carbamates (subject to hydrolysis) is 1. The van der Waals surface area contributed by atoms with Gasteiger partial charge in [0.25, 0.3) is 0 Å². The number of pyridine rings is 1. The summed E-state index contributed by atoms with van der Waals surface area (Å²) in [4.78, 5) is 18.6. The normalized spacial score (nSPS) is 13.8. The Morgan fingerprint density at radius 3 is 2.32 bits per heavy atom. The van der Waals surface area contributed by atoms with Gasteiger partial charge in [0.15, 0.2) is 0 Å². The van der Waals surface area contributed by atoms with Gasteiger partial charge in [0.2, 0.25) is 0 Å². The molecule has 1 aromatic heterocycles. The lowest BCUT2D eigenvalue weighted by Gasteiger charge is -2.06. The zero-order valence-corrected chi connectivity index (χ0v) is 17.4. The fraction of sp³-hybridized carbons (Fsp3) is 0.115. The molecule has 31 heavy (non-hydrogen) atoms. The molecule has 0 bridgehead atoms. The van der Waals surface area contributed by atoms with Crippen molar-refractivity contribution >= 4 is 12.3 Å². The van der Waals surface area contributed by atoms with Crippen LogP contribution in [0.4, 0.5) is 4.79 Å². The van der Waals surface area contributed by atoms with E-state index in [0.717, 1.165) is 16.7 Å². The van der Waals surface area contributed by atoms with Gasteiger partial charge in [-0.05, 0) is 24.3 Å². The van der Waals surface area contributed by atoms with Gasteiger partial charge < -0.3 is 10.1 Å². The lowest BCUT2D eigenvalue weighted by Crippen LogP contribution is -2.17. The molecule has 1 saturated heterocycles. The summed E-state index contributed by atoms with van der Waals surface area (Å²) in [6.07, 6.45) is 24.0. The van der Waals surface area contributed by atoms with Gasteiger partial charge in [-0.2, -0.15) is 0 Å². The lowest BCUT2D eigenvalue weighted by atomic mass is 10.1. The van der Waals surface area contributed by atoms with E-state index in [-0.39, 0.29) is 12.2 Å². The smallest absolute Gasteiger partial charge is 0.407 e. The highest BCUT2D eigenvalue weighted by atomic mass is 16.6. The van der Waals surface area contributed by atoms with Crippen molar-refractivity contribution in [2.24, 2.45) is 4.99 Å². The van der Waals surface area contributed by atoms with Crippen molar-refractivity contribution in [3.05, 3.63) is 90.3 Å². The maximum Gasteiger partial charge on any atom is 0.407 e. The van der Waals surface area contributed by atoms with Crippen molar-refractivity contribution in [1.29, 1.82) is 0 Å². The summed E-state index contributed by atoms with van der Waals surface area (Å²) >= 11 is 0. The molecule has 0 spiro atoms. The summed E-state index contributed by atoms with van der Waals surface area (Å²) in [5.74, 6) is 6.12. The number of aliphatic imine (C=N–C) groups is 1. The molecule has 0 aliphatic carbocycles. The van der Waals surface area contributed by atoms with Gasteiger partial charge in [0.1, 0.15) is 6.10 Å². The number of carbonyl (C=O) groups is 1. The molecule has 0 saturated carbocycles. The molecule has 1 atom stereocenters. The predicted molar refractivity (Wildman–Crippen MR) is 127 cm³/mol. The minimum atomic E-state index is -0.385. The second-order valence-electron chi connectivity index (χ2n) is 5.42. The number of hydrogen-bond acceptors (Lipinski definition) is 4. The zero-order valence-electron chi connectivity index (χ0n) is 17.4. The van der Waals surface area contributed by atoms with Gasteiger partial charge in [-0.25, -0.2) is 4.79 Å². The fourth-order valence-corrected chi connectivity index (χ4v) is 2.20. The van der Waals surface area contributed by atoms with Gasteiger partial charge in [-0.1, -0.05) is 48.8 Å². The molecule has 0 radical (unpaired) electrons. The molecule has 5 nitrogen and oxygen atoms in total. The summed E-state index contributed by atoms with van der Waals surface area (Å²) < 4.78 is 4.97. The van der Waals surface area contributed by atoms with Crippen LogP contribution in [0.3, 0.4) is 0 Å². The van der Waals surface area contributed by atoms with Crippen LogP contribution in [0.15, 0.2) is 84.2 Å². The highest BCUT2D eigenvalue weighted by molar-refractivity contribution is 5.82. The summed E-state index contributed by atoms with van der Waals surface area (Å²) in [5.41, 5.74) is 2.81. The fourth-order valence-electron chi connectivity index (χ4n) is 2.20. The highest BCUT2D eigenvalue weighted by Gasteiger charge is 2.24. The Labute approximate surface area is 185 Å². The Balaban J connectivity index is 0.000000502. The van der Waals surface area contributed by atoms with Crippen molar-refractivity contribution in [3.8, 4) is 37.5 Å². The van der Waals surface area contributed by atoms with E-state index in [1.165, 1.54) is 0 Å². The largest absolute Gasteiger partial charge is 0.439 e. The number of carbonyl (C=O) groups excluding carboxylic acids is 1. The molecule has 1 amide bonds. The van der Waals surface area contributed by atoms with Gasteiger partial charge in [-0.3, -0.25) is 9.98 Å². The van der Waals surface area contributed by atoms with Crippen LogP contribution in [0.1, 0.15) is 11.1 Å². The molecule has 1 aromatic carbocycles. The van der Waals surface area contributed by atoms with E-state index in [0.29, 0.717) is 6.54 Å². The van der Waals surface area contributed by atoms with Crippen LogP contribution in [0, 0.1) is 37.5 Å². The number of hydrogen-bond donors (Lipinski definition) is 1. The van der Waals surface area contributed by atoms with Crippen LogP contribution in [0.2, 0.25) is 0 Å². The molecule has 1 N–H and O–H groups in total. The Kier molecular flexibility index (Phi) is 15.0. The topological polar surface area (TPSA) is 63.6 Å². The molecular weight excluding hydrogens is 386 g/mol. The van der Waals surface area contributed by atoms with Crippen molar-refractivity contribution in [2.45, 2.75) is 6.10 Å². The van der Waals surface area contributed by atoms with Crippen LogP contribution in [-0.4, -0.2) is 37.0 Å². The SMILES string of the molecule is C#C.C#C.C(#Cc1cccnc1)c1ccccc1.C=C/C=C(\C=NC)[C@H]1CNC(=O)O1. The first-order valence-corrected chi connectivity index (χ1v) is 9.06. The second-order valence-corrected chi connectivity index (χ2v) is 5.42. The van der Waals surface area contributed by atoms with E-state index in [4.69, 9.17) is 4.74 Å². The van der Waals surface area contributed by atoms with Crippen LogP contribution >= 0.6 is 0 Å². The third-order valence-electron chi connectivity index (χ3n) is 3.43. The van der Waals surface area contributed by atoms with Crippen LogP contribution in [-0.2, 0) is 4.74 Å². The quantitative estimate of drug-likeness (QED) is 0.474.